The van der Waals surface area contributed by atoms with E-state index in [4.69, 9.17) is 15.1 Å². The summed E-state index contributed by atoms with van der Waals surface area (Å²) in [5.74, 6) is -0.885. The summed E-state index contributed by atoms with van der Waals surface area (Å²) in [6.07, 6.45) is 4.52. The number of ether oxygens (including phenoxy) is 1. The number of carbonyl (C=O) groups is 1. The van der Waals surface area contributed by atoms with Crippen LogP contribution in [-0.2, 0) is 17.8 Å². The molecule has 1 aromatic carbocycles. The number of benzene rings is 1. The molecule has 0 unspecified atom stereocenters. The number of halogens is 2. The highest BCUT2D eigenvalue weighted by molar-refractivity contribution is 6.00. The summed E-state index contributed by atoms with van der Waals surface area (Å²) in [5.41, 5.74) is 3.03. The van der Waals surface area contributed by atoms with Gasteiger partial charge in [-0.15, -0.1) is 0 Å². The van der Waals surface area contributed by atoms with E-state index in [-0.39, 0.29) is 32.2 Å². The predicted octanol–water partition coefficient (Wildman–Crippen LogP) is 4.83. The van der Waals surface area contributed by atoms with Crippen molar-refractivity contribution >= 4 is 23.6 Å². The first-order valence-electron chi connectivity index (χ1n) is 13.6. The second kappa shape index (κ2) is 12.0. The van der Waals surface area contributed by atoms with E-state index in [2.05, 4.69) is 35.5 Å². The number of aromatic nitrogens is 2. The largest absolute Gasteiger partial charge is 0.482 e. The average Bonchev–Trinajstić information content (AvgIpc) is 2.95. The molecule has 1 amide bonds. The molecule has 0 spiro atoms. The molecule has 41 heavy (non-hydrogen) atoms. The zero-order valence-corrected chi connectivity index (χ0v) is 22.9. The van der Waals surface area contributed by atoms with Crippen molar-refractivity contribution in [2.45, 2.75) is 45.7 Å². The van der Waals surface area contributed by atoms with Crippen LogP contribution in [0.15, 0.2) is 30.5 Å². The van der Waals surface area contributed by atoms with Crippen LogP contribution >= 0.6 is 0 Å². The number of rotatable bonds is 8. The van der Waals surface area contributed by atoms with E-state index in [9.17, 15) is 18.8 Å². The van der Waals surface area contributed by atoms with Crippen molar-refractivity contribution in [3.8, 4) is 22.9 Å². The maximum atomic E-state index is 14.4. The molecule has 3 aromatic rings. The van der Waals surface area contributed by atoms with Gasteiger partial charge in [0.2, 0.25) is 0 Å². The fourth-order valence-corrected chi connectivity index (χ4v) is 5.26. The van der Waals surface area contributed by atoms with Crippen LogP contribution in [-0.4, -0.2) is 47.8 Å². The molecule has 9 nitrogen and oxygen atoms in total. The number of piperidine rings is 1. The van der Waals surface area contributed by atoms with Gasteiger partial charge < -0.3 is 20.8 Å². The van der Waals surface area contributed by atoms with Crippen LogP contribution in [0.25, 0.3) is 11.1 Å². The lowest BCUT2D eigenvalue weighted by Gasteiger charge is -2.30. The van der Waals surface area contributed by atoms with Crippen LogP contribution in [0, 0.1) is 34.3 Å². The number of hydrogen-bond donors (Lipinski definition) is 3. The minimum atomic E-state index is -0.847. The zero-order chi connectivity index (χ0) is 29.1. The molecular formula is C30H33F2N7O2. The Bertz CT molecular complexity index is 1540. The number of hydrogen-bond acceptors (Lipinski definition) is 8. The molecule has 0 aliphatic carbocycles. The number of carbonyl (C=O) groups excluding carboxylic acids is 1. The Hall–Kier alpha value is -4.43. The number of anilines is 2. The number of nitriles is 1. The summed E-state index contributed by atoms with van der Waals surface area (Å²) in [5, 5.41) is 25.5. The molecule has 0 atom stereocenters. The Morgan fingerprint density at radius 3 is 2.76 bits per heavy atom. The number of fused-ring (bicyclic) bond motifs is 1. The Kier molecular flexibility index (Phi) is 8.21. The first kappa shape index (κ1) is 28.1. The minimum absolute atomic E-state index is 0. The zero-order valence-electron chi connectivity index (χ0n) is 22.9. The van der Waals surface area contributed by atoms with Gasteiger partial charge in [0, 0.05) is 30.9 Å². The van der Waals surface area contributed by atoms with Gasteiger partial charge in [-0.25, -0.2) is 13.8 Å². The number of nitrogens with one attached hydrogen (secondary N) is 3. The van der Waals surface area contributed by atoms with Crippen LogP contribution in [0.2, 0.25) is 0 Å². The van der Waals surface area contributed by atoms with Crippen LogP contribution < -0.4 is 20.3 Å². The summed E-state index contributed by atoms with van der Waals surface area (Å²) in [6, 6.07) is 8.37. The van der Waals surface area contributed by atoms with Gasteiger partial charge >= 0.3 is 0 Å². The summed E-state index contributed by atoms with van der Waals surface area (Å²) < 4.78 is 33.5. The van der Waals surface area contributed by atoms with Crippen LogP contribution in [0.1, 0.15) is 50.6 Å². The smallest absolute Gasteiger partial charge is 0.265 e. The molecule has 1 fully saturated rings. The fourth-order valence-electron chi connectivity index (χ4n) is 5.26. The number of pyridine rings is 2. The number of nitrogens with zero attached hydrogens (tertiary/aromatic N) is 4. The van der Waals surface area contributed by atoms with Gasteiger partial charge in [0.15, 0.2) is 6.61 Å². The van der Waals surface area contributed by atoms with E-state index in [1.165, 1.54) is 11.1 Å². The Balaban J connectivity index is 0.00000405. The van der Waals surface area contributed by atoms with E-state index in [1.807, 2.05) is 0 Å². The molecule has 3 N–H and O–H groups in total. The molecule has 4 heterocycles. The molecule has 2 aliphatic rings. The molecular weight excluding hydrogens is 528 g/mol. The summed E-state index contributed by atoms with van der Waals surface area (Å²) in [7, 11) is 0. The highest BCUT2D eigenvalue weighted by Crippen LogP contribution is 2.40. The topological polar surface area (TPSA) is 127 Å². The average molecular weight is 562 g/mol. The molecule has 214 valence electrons. The maximum absolute atomic E-state index is 14.4. The molecule has 0 bridgehead atoms. The summed E-state index contributed by atoms with van der Waals surface area (Å²) >= 11 is 0. The van der Waals surface area contributed by atoms with E-state index >= 15 is 0 Å². The molecule has 0 saturated carbocycles. The van der Waals surface area contributed by atoms with Crippen molar-refractivity contribution < 1.29 is 19.7 Å². The molecule has 11 heteroatoms. The molecule has 2 aliphatic heterocycles. The minimum Gasteiger partial charge on any atom is -0.482 e. The predicted molar refractivity (Wildman–Crippen MR) is 153 cm³/mol. The monoisotopic (exact) mass is 561 g/mol. The quantitative estimate of drug-likeness (QED) is 0.337. The second-order valence-corrected chi connectivity index (χ2v) is 10.6. The lowest BCUT2D eigenvalue weighted by molar-refractivity contribution is -0.121. The third kappa shape index (κ3) is 5.88. The van der Waals surface area contributed by atoms with Crippen LogP contribution in [0.4, 0.5) is 20.3 Å². The second-order valence-electron chi connectivity index (χ2n) is 10.6. The first-order chi connectivity index (χ1) is 19.8. The van der Waals surface area contributed by atoms with Gasteiger partial charge in [0.25, 0.3) is 5.91 Å². The fraction of sp³-hybridized carbons (Fsp3) is 0.367. The van der Waals surface area contributed by atoms with E-state index in [0.717, 1.165) is 38.2 Å². The Morgan fingerprint density at radius 1 is 1.29 bits per heavy atom. The van der Waals surface area contributed by atoms with Crippen LogP contribution in [0.3, 0.4) is 0 Å². The third-order valence-electron chi connectivity index (χ3n) is 7.23. The maximum Gasteiger partial charge on any atom is 0.265 e. The van der Waals surface area contributed by atoms with E-state index in [0.29, 0.717) is 51.6 Å². The summed E-state index contributed by atoms with van der Waals surface area (Å²) in [6.45, 7) is 5.41. The number of amides is 1. The van der Waals surface area contributed by atoms with Crippen molar-refractivity contribution in [2.24, 2.45) is 5.92 Å². The van der Waals surface area contributed by atoms with Crippen molar-refractivity contribution in [1.82, 2.24) is 15.3 Å². The molecule has 2 aromatic heterocycles. The van der Waals surface area contributed by atoms with Crippen molar-refractivity contribution in [1.29, 1.82) is 10.7 Å². The van der Waals surface area contributed by atoms with Gasteiger partial charge in [-0.1, -0.05) is 19.9 Å². The normalized spacial score (nSPS) is 15.3. The Morgan fingerprint density at radius 2 is 2.07 bits per heavy atom. The van der Waals surface area contributed by atoms with E-state index < -0.39 is 17.5 Å². The molecule has 0 radical (unpaired) electrons. The lowest BCUT2D eigenvalue weighted by atomic mass is 9.91. The Labute approximate surface area is 238 Å². The van der Waals surface area contributed by atoms with Gasteiger partial charge in [0.05, 0.1) is 35.4 Å². The summed E-state index contributed by atoms with van der Waals surface area (Å²) in [4.78, 5) is 22.8. The lowest BCUT2D eigenvalue weighted by Crippen LogP contribution is -2.38. The first-order valence-corrected chi connectivity index (χ1v) is 13.6. The van der Waals surface area contributed by atoms with Crippen molar-refractivity contribution in [2.75, 3.05) is 29.9 Å². The van der Waals surface area contributed by atoms with Crippen molar-refractivity contribution in [3.05, 3.63) is 64.6 Å². The molecule has 5 rings (SSSR count). The van der Waals surface area contributed by atoms with Gasteiger partial charge in [0.1, 0.15) is 29.3 Å². The standard InChI is InChI=1S/C30H31F2N7O2.H2/c1-17(2)9-24-21(12-33)29(22(13-34)30(38-24)37-20-5-7-35-8-6-20)18-3-4-26-27(10-18)41-16-28(40)39(26)15-25-23(32)11-19(31)14-36-25;/h3-4,10-11,13-14,17,20,34-35H,5-9,15-16H2,1-2H3,(H,37,38);1H. The van der Waals surface area contributed by atoms with Gasteiger partial charge in [-0.3, -0.25) is 14.7 Å². The highest BCUT2D eigenvalue weighted by Gasteiger charge is 2.29. The van der Waals surface area contributed by atoms with Crippen molar-refractivity contribution in [3.63, 3.8) is 0 Å². The van der Waals surface area contributed by atoms with E-state index in [1.54, 1.807) is 18.2 Å². The van der Waals surface area contributed by atoms with Gasteiger partial charge in [-0.05, 0) is 56.0 Å². The third-order valence-corrected chi connectivity index (χ3v) is 7.23. The van der Waals surface area contributed by atoms with Gasteiger partial charge in [-0.2, -0.15) is 5.26 Å². The SMILES string of the molecule is CC(C)Cc1nc(NC2CCNCC2)c(C=N)c(-c2ccc3c(c2)OCC(=O)N3Cc2ncc(F)cc2F)c1C#N.[HH]. The van der Waals surface area contributed by atoms with Crippen LogP contribution in [0.5, 0.6) is 5.75 Å². The highest BCUT2D eigenvalue weighted by atomic mass is 19.1. The molecule has 1 saturated heterocycles.